The summed E-state index contributed by atoms with van der Waals surface area (Å²) in [6, 6.07) is 6.73. The van der Waals surface area contributed by atoms with E-state index in [1.165, 1.54) is 5.56 Å². The van der Waals surface area contributed by atoms with Crippen molar-refractivity contribution in [2.75, 3.05) is 31.8 Å². The van der Waals surface area contributed by atoms with E-state index in [2.05, 4.69) is 49.8 Å². The molecule has 1 atom stereocenters. The van der Waals surface area contributed by atoms with Crippen LogP contribution in [0, 0.1) is 0 Å². The Morgan fingerprint density at radius 1 is 1.44 bits per heavy atom. The highest BCUT2D eigenvalue weighted by Gasteiger charge is 2.25. The molecule has 0 bridgehead atoms. The van der Waals surface area contributed by atoms with Crippen LogP contribution in [0.1, 0.15) is 23.6 Å². The average molecular weight is 264 g/mol. The molecule has 0 radical (unpaired) electrons. The Kier molecular flexibility index (Phi) is 3.97. The molecule has 1 amide bonds. The van der Waals surface area contributed by atoms with Gasteiger partial charge in [0, 0.05) is 18.8 Å². The van der Waals surface area contributed by atoms with Gasteiger partial charge in [0.25, 0.3) is 0 Å². The average Bonchev–Trinajstić information content (AvgIpc) is 2.61. The van der Waals surface area contributed by atoms with Crippen molar-refractivity contribution < 1.29 is 4.79 Å². The van der Waals surface area contributed by atoms with E-state index in [0.717, 1.165) is 23.4 Å². The molecule has 98 valence electrons. The van der Waals surface area contributed by atoms with Crippen LogP contribution in [0.15, 0.2) is 18.2 Å². The first kappa shape index (κ1) is 13.4. The molecule has 0 N–H and O–H groups in total. The van der Waals surface area contributed by atoms with E-state index in [9.17, 15) is 4.79 Å². The first-order valence-electron chi connectivity index (χ1n) is 6.21. The maximum absolute atomic E-state index is 11.7. The molecule has 1 heterocycles. The van der Waals surface area contributed by atoms with Crippen LogP contribution in [0.25, 0.3) is 0 Å². The molecule has 1 aliphatic rings. The predicted molar refractivity (Wildman–Crippen MR) is 78.5 cm³/mol. The van der Waals surface area contributed by atoms with E-state index in [-0.39, 0.29) is 5.91 Å². The Morgan fingerprint density at radius 2 is 2.17 bits per heavy atom. The van der Waals surface area contributed by atoms with E-state index in [1.54, 1.807) is 4.90 Å². The molecule has 4 heteroatoms. The highest BCUT2D eigenvalue weighted by molar-refractivity contribution is 7.80. The molecule has 1 aromatic carbocycles. The number of nitrogens with zero attached hydrogens (tertiary/aromatic N) is 2. The number of fused-ring (bicyclic) bond motifs is 1. The summed E-state index contributed by atoms with van der Waals surface area (Å²) in [5.74, 6) is 1.04. The van der Waals surface area contributed by atoms with Gasteiger partial charge in [-0.3, -0.25) is 4.79 Å². The van der Waals surface area contributed by atoms with Crippen LogP contribution >= 0.6 is 12.6 Å². The van der Waals surface area contributed by atoms with Crippen LogP contribution in [0.2, 0.25) is 0 Å². The summed E-state index contributed by atoms with van der Waals surface area (Å²) in [5, 5.41) is 0. The quantitative estimate of drug-likeness (QED) is 0.842. The van der Waals surface area contributed by atoms with Crippen molar-refractivity contribution in [3.8, 4) is 0 Å². The van der Waals surface area contributed by atoms with Crippen molar-refractivity contribution in [3.63, 3.8) is 0 Å². The Hall–Kier alpha value is -1.00. The second kappa shape index (κ2) is 5.33. The monoisotopic (exact) mass is 264 g/mol. The first-order chi connectivity index (χ1) is 8.54. The third-order valence-corrected chi connectivity index (χ3v) is 3.85. The molecule has 1 unspecified atom stereocenters. The summed E-state index contributed by atoms with van der Waals surface area (Å²) < 4.78 is 0. The molecule has 18 heavy (non-hydrogen) atoms. The van der Waals surface area contributed by atoms with Gasteiger partial charge in [0.2, 0.25) is 5.91 Å². The second-order valence-electron chi connectivity index (χ2n) is 5.01. The second-order valence-corrected chi connectivity index (χ2v) is 5.46. The lowest BCUT2D eigenvalue weighted by atomic mass is 10.00. The Bertz CT molecular complexity index is 459. The van der Waals surface area contributed by atoms with Gasteiger partial charge in [-0.1, -0.05) is 12.1 Å². The van der Waals surface area contributed by atoms with Crippen LogP contribution in [-0.2, 0) is 11.2 Å². The fourth-order valence-electron chi connectivity index (χ4n) is 2.54. The molecule has 2 rings (SSSR count). The number of thiol groups is 1. The SMILES string of the molecule is CN1C(=O)Cc2cc(C(CCS)N(C)C)ccc21. The molecular weight excluding hydrogens is 244 g/mol. The minimum absolute atomic E-state index is 0.178. The van der Waals surface area contributed by atoms with Gasteiger partial charge in [0.1, 0.15) is 0 Å². The zero-order chi connectivity index (χ0) is 13.3. The van der Waals surface area contributed by atoms with Crippen molar-refractivity contribution >= 4 is 24.2 Å². The van der Waals surface area contributed by atoms with Crippen LogP contribution < -0.4 is 4.90 Å². The molecule has 0 saturated carbocycles. The van der Waals surface area contributed by atoms with Crippen LogP contribution in [-0.4, -0.2) is 37.7 Å². The summed E-state index contributed by atoms with van der Waals surface area (Å²) in [5.41, 5.74) is 3.47. The number of carbonyl (C=O) groups excluding carboxylic acids is 1. The number of benzene rings is 1. The standard InChI is InChI=1S/C14H20N2OS/c1-15(2)12(6-7-18)10-4-5-13-11(8-10)9-14(17)16(13)3/h4-5,8,12,18H,6-7,9H2,1-3H3. The lowest BCUT2D eigenvalue weighted by molar-refractivity contribution is -0.117. The maximum atomic E-state index is 11.7. The van der Waals surface area contributed by atoms with E-state index >= 15 is 0 Å². The van der Waals surface area contributed by atoms with Crippen LogP contribution in [0.4, 0.5) is 5.69 Å². The highest BCUT2D eigenvalue weighted by atomic mass is 32.1. The Balaban J connectivity index is 2.32. The number of hydrogen-bond donors (Lipinski definition) is 1. The maximum Gasteiger partial charge on any atom is 0.231 e. The largest absolute Gasteiger partial charge is 0.315 e. The molecule has 0 aromatic heterocycles. The molecule has 0 saturated heterocycles. The van der Waals surface area contributed by atoms with Gasteiger partial charge in [-0.25, -0.2) is 0 Å². The molecule has 0 fully saturated rings. The van der Waals surface area contributed by atoms with Gasteiger partial charge in [0.15, 0.2) is 0 Å². The van der Waals surface area contributed by atoms with Crippen molar-refractivity contribution in [1.29, 1.82) is 0 Å². The summed E-state index contributed by atoms with van der Waals surface area (Å²) >= 11 is 4.33. The third-order valence-electron chi connectivity index (χ3n) is 3.59. The molecular formula is C14H20N2OS. The predicted octanol–water partition coefficient (Wildman–Crippen LogP) is 2.13. The third kappa shape index (κ3) is 2.40. The normalized spacial score (nSPS) is 16.3. The van der Waals surface area contributed by atoms with Crippen molar-refractivity contribution in [1.82, 2.24) is 4.90 Å². The van der Waals surface area contributed by atoms with Crippen molar-refractivity contribution in [2.24, 2.45) is 0 Å². The summed E-state index contributed by atoms with van der Waals surface area (Å²) in [6.45, 7) is 0. The van der Waals surface area contributed by atoms with Gasteiger partial charge >= 0.3 is 0 Å². The Labute approximate surface area is 114 Å². The molecule has 1 aliphatic heterocycles. The highest BCUT2D eigenvalue weighted by Crippen LogP contribution is 2.32. The summed E-state index contributed by atoms with van der Waals surface area (Å²) in [7, 11) is 6.00. The van der Waals surface area contributed by atoms with Gasteiger partial charge in [-0.05, 0) is 43.5 Å². The van der Waals surface area contributed by atoms with E-state index in [1.807, 2.05) is 7.05 Å². The zero-order valence-electron chi connectivity index (χ0n) is 11.2. The van der Waals surface area contributed by atoms with Gasteiger partial charge < -0.3 is 9.80 Å². The molecule has 1 aromatic rings. The van der Waals surface area contributed by atoms with E-state index < -0.39 is 0 Å². The molecule has 3 nitrogen and oxygen atoms in total. The van der Waals surface area contributed by atoms with E-state index in [4.69, 9.17) is 0 Å². The van der Waals surface area contributed by atoms with Crippen LogP contribution in [0.3, 0.4) is 0 Å². The minimum Gasteiger partial charge on any atom is -0.315 e. The lowest BCUT2D eigenvalue weighted by Crippen LogP contribution is -2.21. The lowest BCUT2D eigenvalue weighted by Gasteiger charge is -2.25. The molecule has 0 aliphatic carbocycles. The van der Waals surface area contributed by atoms with Crippen LogP contribution in [0.5, 0.6) is 0 Å². The number of rotatable bonds is 4. The first-order valence-corrected chi connectivity index (χ1v) is 6.84. The number of hydrogen-bond acceptors (Lipinski definition) is 3. The summed E-state index contributed by atoms with van der Waals surface area (Å²) in [6.07, 6.45) is 1.54. The van der Waals surface area contributed by atoms with Crippen molar-refractivity contribution in [2.45, 2.75) is 18.9 Å². The molecule has 0 spiro atoms. The number of likely N-dealkylation sites (N-methyl/N-ethyl adjacent to an activating group) is 1. The summed E-state index contributed by atoms with van der Waals surface area (Å²) in [4.78, 5) is 15.6. The van der Waals surface area contributed by atoms with Gasteiger partial charge in [-0.15, -0.1) is 0 Å². The van der Waals surface area contributed by atoms with Gasteiger partial charge in [-0.2, -0.15) is 12.6 Å². The van der Waals surface area contributed by atoms with E-state index in [0.29, 0.717) is 12.5 Å². The topological polar surface area (TPSA) is 23.6 Å². The fourth-order valence-corrected chi connectivity index (χ4v) is 2.79. The number of anilines is 1. The Morgan fingerprint density at radius 3 is 2.78 bits per heavy atom. The smallest absolute Gasteiger partial charge is 0.231 e. The zero-order valence-corrected chi connectivity index (χ0v) is 12.1. The fraction of sp³-hybridized carbons (Fsp3) is 0.500. The number of carbonyl (C=O) groups is 1. The number of amides is 1. The van der Waals surface area contributed by atoms with Gasteiger partial charge in [0.05, 0.1) is 6.42 Å². The van der Waals surface area contributed by atoms with Crippen molar-refractivity contribution in [3.05, 3.63) is 29.3 Å². The minimum atomic E-state index is 0.178.